The molecule has 132 valence electrons. The molecule has 0 atom stereocenters. The van der Waals surface area contributed by atoms with Gasteiger partial charge in [-0.2, -0.15) is 0 Å². The van der Waals surface area contributed by atoms with E-state index in [0.29, 0.717) is 6.73 Å². The minimum absolute atomic E-state index is 0.441. The van der Waals surface area contributed by atoms with Gasteiger partial charge in [0, 0.05) is 23.5 Å². The van der Waals surface area contributed by atoms with Crippen LogP contribution in [0.2, 0.25) is 0 Å². The van der Waals surface area contributed by atoms with E-state index in [9.17, 15) is 0 Å². The van der Waals surface area contributed by atoms with Crippen LogP contribution >= 0.6 is 0 Å². The summed E-state index contributed by atoms with van der Waals surface area (Å²) in [6.07, 6.45) is 4.60. The molecule has 4 heteroatoms. The fourth-order valence-electron chi connectivity index (χ4n) is 3.58. The minimum atomic E-state index is 0.441. The van der Waals surface area contributed by atoms with Crippen molar-refractivity contribution in [2.45, 2.75) is 20.1 Å². The van der Waals surface area contributed by atoms with Crippen LogP contribution in [0, 0.1) is 0 Å². The van der Waals surface area contributed by atoms with Gasteiger partial charge in [-0.1, -0.05) is 61.5 Å². The predicted octanol–water partition coefficient (Wildman–Crippen LogP) is 5.19. The number of hydrogen-bond donors (Lipinski definition) is 0. The van der Waals surface area contributed by atoms with Crippen LogP contribution in [0.1, 0.15) is 12.5 Å². The molecule has 4 nitrogen and oxygen atoms in total. The number of ether oxygens (including phenoxy) is 1. The van der Waals surface area contributed by atoms with Crippen molar-refractivity contribution in [2.75, 3.05) is 0 Å². The molecule has 5 rings (SSSR count). The number of aromatic nitrogens is 3. The molecule has 27 heavy (non-hydrogen) atoms. The van der Waals surface area contributed by atoms with Gasteiger partial charge in [-0.25, -0.2) is 4.98 Å². The zero-order chi connectivity index (χ0) is 18.2. The highest BCUT2D eigenvalue weighted by Crippen LogP contribution is 2.40. The monoisotopic (exact) mass is 353 g/mol. The summed E-state index contributed by atoms with van der Waals surface area (Å²) < 4.78 is 8.12. The van der Waals surface area contributed by atoms with Crippen LogP contribution in [-0.4, -0.2) is 14.5 Å². The average molecular weight is 353 g/mol. The number of aryl methyl sites for hydroxylation is 1. The Morgan fingerprint density at radius 1 is 0.963 bits per heavy atom. The molecule has 1 aliphatic heterocycles. The number of rotatable bonds is 3. The van der Waals surface area contributed by atoms with E-state index < -0.39 is 0 Å². The first kappa shape index (κ1) is 15.8. The van der Waals surface area contributed by atoms with Crippen LogP contribution in [-0.2, 0) is 13.2 Å². The Balaban J connectivity index is 1.77. The van der Waals surface area contributed by atoms with Gasteiger partial charge in [-0.3, -0.25) is 9.55 Å². The van der Waals surface area contributed by atoms with Crippen molar-refractivity contribution in [3.05, 3.63) is 78.6 Å². The molecule has 0 radical (unpaired) electrons. The molecule has 0 unspecified atom stereocenters. The van der Waals surface area contributed by atoms with Gasteiger partial charge in [0.15, 0.2) is 6.73 Å². The van der Waals surface area contributed by atoms with Gasteiger partial charge < -0.3 is 4.74 Å². The predicted molar refractivity (Wildman–Crippen MR) is 106 cm³/mol. The molecule has 0 bridgehead atoms. The van der Waals surface area contributed by atoms with Crippen molar-refractivity contribution < 1.29 is 4.74 Å². The fourth-order valence-corrected chi connectivity index (χ4v) is 3.58. The van der Waals surface area contributed by atoms with Crippen LogP contribution in [0.15, 0.2) is 73.1 Å². The molecule has 0 N–H and O–H groups in total. The minimum Gasteiger partial charge on any atom is -0.472 e. The van der Waals surface area contributed by atoms with Crippen LogP contribution in [0.25, 0.3) is 33.9 Å². The molecular formula is C23H19N3O. The maximum atomic E-state index is 5.98. The molecule has 4 aromatic rings. The molecule has 0 amide bonds. The summed E-state index contributed by atoms with van der Waals surface area (Å²) in [4.78, 5) is 9.31. The fraction of sp³-hybridized carbons (Fsp3) is 0.130. The molecule has 2 aromatic carbocycles. The number of nitrogens with zero attached hydrogens (tertiary/aromatic N) is 3. The van der Waals surface area contributed by atoms with E-state index in [2.05, 4.69) is 65.0 Å². The van der Waals surface area contributed by atoms with E-state index in [0.717, 1.165) is 46.1 Å². The average Bonchev–Trinajstić information content (AvgIpc) is 3.14. The largest absolute Gasteiger partial charge is 0.472 e. The SMILES string of the molecule is CCc1ccc(-c2nc3n(c2-c2ccccc2)COc2ccncc2-3)cc1. The van der Waals surface area contributed by atoms with E-state index in [1.54, 1.807) is 6.20 Å². The molecule has 0 saturated carbocycles. The van der Waals surface area contributed by atoms with Gasteiger partial charge in [0.05, 0.1) is 17.0 Å². The second kappa shape index (κ2) is 6.40. The highest BCUT2D eigenvalue weighted by molar-refractivity contribution is 5.83. The Hall–Kier alpha value is -3.40. The molecule has 0 spiro atoms. The molecule has 2 aromatic heterocycles. The third kappa shape index (κ3) is 2.61. The topological polar surface area (TPSA) is 39.9 Å². The summed E-state index contributed by atoms with van der Waals surface area (Å²) >= 11 is 0. The second-order valence-corrected chi connectivity index (χ2v) is 6.62. The zero-order valence-electron chi connectivity index (χ0n) is 15.1. The van der Waals surface area contributed by atoms with Crippen LogP contribution < -0.4 is 4.74 Å². The Morgan fingerprint density at radius 2 is 1.78 bits per heavy atom. The summed E-state index contributed by atoms with van der Waals surface area (Å²) in [5.74, 6) is 1.73. The summed E-state index contributed by atoms with van der Waals surface area (Å²) in [6.45, 7) is 2.61. The van der Waals surface area contributed by atoms with Crippen molar-refractivity contribution >= 4 is 0 Å². The number of benzene rings is 2. The lowest BCUT2D eigenvalue weighted by Gasteiger charge is -2.20. The van der Waals surface area contributed by atoms with E-state index in [1.165, 1.54) is 5.56 Å². The van der Waals surface area contributed by atoms with E-state index >= 15 is 0 Å². The normalized spacial score (nSPS) is 12.2. The van der Waals surface area contributed by atoms with Crippen LogP contribution in [0.3, 0.4) is 0 Å². The summed E-state index contributed by atoms with van der Waals surface area (Å²) in [6, 6.07) is 20.9. The number of fused-ring (bicyclic) bond motifs is 3. The third-order valence-electron chi connectivity index (χ3n) is 5.02. The Bertz CT molecular complexity index is 1100. The molecular weight excluding hydrogens is 334 g/mol. The molecule has 3 heterocycles. The van der Waals surface area contributed by atoms with Gasteiger partial charge in [-0.05, 0) is 18.1 Å². The Morgan fingerprint density at radius 3 is 2.56 bits per heavy atom. The first-order valence-electron chi connectivity index (χ1n) is 9.17. The van der Waals surface area contributed by atoms with Crippen molar-refractivity contribution in [3.63, 3.8) is 0 Å². The molecule has 0 fully saturated rings. The second-order valence-electron chi connectivity index (χ2n) is 6.62. The van der Waals surface area contributed by atoms with Crippen LogP contribution in [0.4, 0.5) is 0 Å². The lowest BCUT2D eigenvalue weighted by molar-refractivity contribution is 0.231. The van der Waals surface area contributed by atoms with E-state index in [-0.39, 0.29) is 0 Å². The number of imidazole rings is 1. The smallest absolute Gasteiger partial charge is 0.167 e. The van der Waals surface area contributed by atoms with Crippen LogP contribution in [0.5, 0.6) is 5.75 Å². The maximum absolute atomic E-state index is 5.98. The summed E-state index contributed by atoms with van der Waals surface area (Å²) in [7, 11) is 0. The molecule has 0 saturated heterocycles. The highest BCUT2D eigenvalue weighted by atomic mass is 16.5. The third-order valence-corrected chi connectivity index (χ3v) is 5.02. The quantitative estimate of drug-likeness (QED) is 0.509. The van der Waals surface area contributed by atoms with E-state index in [1.807, 2.05) is 18.3 Å². The Labute approximate surface area is 158 Å². The maximum Gasteiger partial charge on any atom is 0.167 e. The van der Waals surface area contributed by atoms with Gasteiger partial charge in [0.1, 0.15) is 11.6 Å². The first-order chi connectivity index (χ1) is 13.3. The zero-order valence-corrected chi connectivity index (χ0v) is 15.1. The van der Waals surface area contributed by atoms with Gasteiger partial charge in [0.25, 0.3) is 0 Å². The lowest BCUT2D eigenvalue weighted by Crippen LogP contribution is -2.14. The van der Waals surface area contributed by atoms with Crippen molar-refractivity contribution in [1.29, 1.82) is 0 Å². The summed E-state index contributed by atoms with van der Waals surface area (Å²) in [5.41, 5.74) is 6.53. The number of hydrogen-bond acceptors (Lipinski definition) is 3. The summed E-state index contributed by atoms with van der Waals surface area (Å²) in [5, 5.41) is 0. The first-order valence-corrected chi connectivity index (χ1v) is 9.17. The van der Waals surface area contributed by atoms with Gasteiger partial charge >= 0.3 is 0 Å². The highest BCUT2D eigenvalue weighted by Gasteiger charge is 2.26. The molecule has 1 aliphatic rings. The molecule has 0 aliphatic carbocycles. The van der Waals surface area contributed by atoms with Crippen molar-refractivity contribution in [2.24, 2.45) is 0 Å². The number of pyridine rings is 1. The van der Waals surface area contributed by atoms with Crippen molar-refractivity contribution in [3.8, 4) is 39.7 Å². The van der Waals surface area contributed by atoms with E-state index in [4.69, 9.17) is 9.72 Å². The van der Waals surface area contributed by atoms with Gasteiger partial charge in [0.2, 0.25) is 0 Å². The lowest BCUT2D eigenvalue weighted by atomic mass is 10.0. The van der Waals surface area contributed by atoms with Crippen molar-refractivity contribution in [1.82, 2.24) is 14.5 Å². The van der Waals surface area contributed by atoms with Gasteiger partial charge in [-0.15, -0.1) is 0 Å². The standard InChI is InChI=1S/C23H19N3O/c1-2-16-8-10-17(11-9-16)21-22(18-6-4-3-5-7-18)26-15-27-20-12-13-24-14-19(20)23(26)25-21/h3-14H,2,15H2,1H3. The Kier molecular flexibility index (Phi) is 3.75.